The summed E-state index contributed by atoms with van der Waals surface area (Å²) < 4.78 is 10.8. The molecule has 0 bridgehead atoms. The van der Waals surface area contributed by atoms with Crippen LogP contribution < -0.4 is 10.6 Å². The molecule has 0 fully saturated rings. The van der Waals surface area contributed by atoms with Crippen molar-refractivity contribution in [1.29, 1.82) is 0 Å². The smallest absolute Gasteiger partial charge is 0.407 e. The highest BCUT2D eigenvalue weighted by Gasteiger charge is 2.30. The van der Waals surface area contributed by atoms with Gasteiger partial charge in [0, 0.05) is 12.5 Å². The van der Waals surface area contributed by atoms with Gasteiger partial charge in [0.1, 0.15) is 12.6 Å². The first-order valence-corrected chi connectivity index (χ1v) is 10.6. The SMILES string of the molecule is CC(C)OCCNC(=O)C(CC(=O)O)NC(=O)OCC1c2ccccc2-c2ccccc21. The third-order valence-electron chi connectivity index (χ3n) is 5.18. The maximum Gasteiger partial charge on any atom is 0.407 e. The molecule has 8 nitrogen and oxygen atoms in total. The molecule has 0 saturated heterocycles. The topological polar surface area (TPSA) is 114 Å². The van der Waals surface area contributed by atoms with Gasteiger partial charge in [0.2, 0.25) is 5.91 Å². The van der Waals surface area contributed by atoms with Crippen molar-refractivity contribution in [2.75, 3.05) is 19.8 Å². The standard InChI is InChI=1S/C24H28N2O6/c1-15(2)31-12-11-25-23(29)21(13-22(27)28)26-24(30)32-14-20-18-9-5-3-7-16(18)17-8-4-6-10-19(17)20/h3-10,15,20-21H,11-14H2,1-2H3,(H,25,29)(H,26,30)(H,27,28). The largest absolute Gasteiger partial charge is 0.481 e. The predicted octanol–water partition coefficient (Wildman–Crippen LogP) is 2.91. The van der Waals surface area contributed by atoms with Crippen LogP contribution in [0.5, 0.6) is 0 Å². The van der Waals surface area contributed by atoms with Crippen LogP contribution in [-0.4, -0.2) is 55.0 Å². The van der Waals surface area contributed by atoms with E-state index in [0.29, 0.717) is 0 Å². The van der Waals surface area contributed by atoms with E-state index in [1.807, 2.05) is 62.4 Å². The highest BCUT2D eigenvalue weighted by atomic mass is 16.5. The van der Waals surface area contributed by atoms with Crippen LogP contribution >= 0.6 is 0 Å². The van der Waals surface area contributed by atoms with Crippen LogP contribution in [0.2, 0.25) is 0 Å². The molecular formula is C24H28N2O6. The molecule has 0 heterocycles. The van der Waals surface area contributed by atoms with Crippen molar-refractivity contribution in [3.8, 4) is 11.1 Å². The number of amides is 2. The number of hydrogen-bond acceptors (Lipinski definition) is 5. The van der Waals surface area contributed by atoms with Crippen LogP contribution in [0.1, 0.15) is 37.3 Å². The fourth-order valence-corrected chi connectivity index (χ4v) is 3.76. The van der Waals surface area contributed by atoms with Gasteiger partial charge in [-0.15, -0.1) is 0 Å². The molecule has 3 rings (SSSR count). The molecule has 170 valence electrons. The minimum absolute atomic E-state index is 0.0145. The third-order valence-corrected chi connectivity index (χ3v) is 5.18. The highest BCUT2D eigenvalue weighted by Crippen LogP contribution is 2.44. The van der Waals surface area contributed by atoms with E-state index in [-0.39, 0.29) is 31.8 Å². The van der Waals surface area contributed by atoms with Crippen molar-refractivity contribution >= 4 is 18.0 Å². The summed E-state index contributed by atoms with van der Waals surface area (Å²) in [6.45, 7) is 4.30. The summed E-state index contributed by atoms with van der Waals surface area (Å²) in [5.41, 5.74) is 4.32. The number of rotatable bonds is 10. The third kappa shape index (κ3) is 5.85. The summed E-state index contributed by atoms with van der Waals surface area (Å²) in [5.74, 6) is -1.94. The Morgan fingerprint density at radius 1 is 1.00 bits per heavy atom. The molecule has 1 aliphatic carbocycles. The normalized spacial score (nSPS) is 13.2. The summed E-state index contributed by atoms with van der Waals surface area (Å²) in [4.78, 5) is 35.9. The Balaban J connectivity index is 1.59. The molecule has 1 atom stereocenters. The Morgan fingerprint density at radius 3 is 2.16 bits per heavy atom. The number of fused-ring (bicyclic) bond motifs is 3. The lowest BCUT2D eigenvalue weighted by atomic mass is 9.98. The Morgan fingerprint density at radius 2 is 1.59 bits per heavy atom. The lowest BCUT2D eigenvalue weighted by Gasteiger charge is -2.19. The number of nitrogens with one attached hydrogen (secondary N) is 2. The van der Waals surface area contributed by atoms with Crippen LogP contribution in [0.15, 0.2) is 48.5 Å². The number of carbonyl (C=O) groups excluding carboxylic acids is 2. The van der Waals surface area contributed by atoms with Crippen LogP contribution in [0.3, 0.4) is 0 Å². The second-order valence-corrected chi connectivity index (χ2v) is 7.83. The second-order valence-electron chi connectivity index (χ2n) is 7.83. The summed E-state index contributed by atoms with van der Waals surface area (Å²) in [7, 11) is 0. The highest BCUT2D eigenvalue weighted by molar-refractivity contribution is 5.89. The molecule has 0 aromatic heterocycles. The van der Waals surface area contributed by atoms with Gasteiger partial charge in [-0.25, -0.2) is 4.79 Å². The summed E-state index contributed by atoms with van der Waals surface area (Å²) in [5, 5.41) is 14.1. The van der Waals surface area contributed by atoms with Crippen LogP contribution in [-0.2, 0) is 19.1 Å². The van der Waals surface area contributed by atoms with Crippen molar-refractivity contribution in [2.45, 2.75) is 38.3 Å². The molecule has 2 aromatic carbocycles. The maximum absolute atomic E-state index is 12.4. The molecule has 1 unspecified atom stereocenters. The zero-order chi connectivity index (χ0) is 23.1. The van der Waals surface area contributed by atoms with Gasteiger partial charge in [0.15, 0.2) is 0 Å². The van der Waals surface area contributed by atoms with Gasteiger partial charge in [-0.1, -0.05) is 48.5 Å². The first-order chi connectivity index (χ1) is 15.4. The second kappa shape index (κ2) is 10.8. The molecule has 3 N–H and O–H groups in total. The lowest BCUT2D eigenvalue weighted by Crippen LogP contribution is -2.48. The number of aliphatic carboxylic acids is 1. The molecule has 2 aromatic rings. The van der Waals surface area contributed by atoms with Gasteiger partial charge in [0.25, 0.3) is 0 Å². The van der Waals surface area contributed by atoms with Crippen molar-refractivity contribution in [2.24, 2.45) is 0 Å². The Labute approximate surface area is 186 Å². The van der Waals surface area contributed by atoms with E-state index in [2.05, 4.69) is 10.6 Å². The van der Waals surface area contributed by atoms with E-state index in [9.17, 15) is 14.4 Å². The van der Waals surface area contributed by atoms with Crippen LogP contribution in [0.25, 0.3) is 11.1 Å². The Bertz CT molecular complexity index is 929. The number of carboxylic acid groups (broad SMARTS) is 1. The van der Waals surface area contributed by atoms with Gasteiger partial charge in [-0.3, -0.25) is 9.59 Å². The minimum atomic E-state index is -1.25. The maximum atomic E-state index is 12.4. The summed E-state index contributed by atoms with van der Waals surface area (Å²) in [6.07, 6.45) is -1.38. The average Bonchev–Trinajstić information content (AvgIpc) is 3.08. The van der Waals surface area contributed by atoms with Crippen LogP contribution in [0.4, 0.5) is 4.79 Å². The average molecular weight is 440 g/mol. The quantitative estimate of drug-likeness (QED) is 0.490. The van der Waals surface area contributed by atoms with Crippen molar-refractivity contribution in [3.63, 3.8) is 0 Å². The molecular weight excluding hydrogens is 412 g/mol. The number of alkyl carbamates (subject to hydrolysis) is 1. The van der Waals surface area contributed by atoms with Crippen molar-refractivity contribution < 1.29 is 29.0 Å². The molecule has 0 spiro atoms. The Hall–Kier alpha value is -3.39. The number of benzene rings is 2. The van der Waals surface area contributed by atoms with Gasteiger partial charge in [-0.2, -0.15) is 0 Å². The van der Waals surface area contributed by atoms with E-state index < -0.39 is 30.4 Å². The fourth-order valence-electron chi connectivity index (χ4n) is 3.76. The Kier molecular flexibility index (Phi) is 7.83. The molecule has 1 aliphatic rings. The predicted molar refractivity (Wildman–Crippen MR) is 118 cm³/mol. The van der Waals surface area contributed by atoms with Gasteiger partial charge in [-0.05, 0) is 36.1 Å². The zero-order valence-electron chi connectivity index (χ0n) is 18.2. The zero-order valence-corrected chi connectivity index (χ0v) is 18.2. The fraction of sp³-hybridized carbons (Fsp3) is 0.375. The first kappa shape index (κ1) is 23.3. The van der Waals surface area contributed by atoms with E-state index in [4.69, 9.17) is 14.6 Å². The number of carbonyl (C=O) groups is 3. The van der Waals surface area contributed by atoms with E-state index in [0.717, 1.165) is 22.3 Å². The van der Waals surface area contributed by atoms with Crippen LogP contribution in [0, 0.1) is 0 Å². The van der Waals surface area contributed by atoms with E-state index >= 15 is 0 Å². The van der Waals surface area contributed by atoms with Gasteiger partial charge < -0.3 is 25.2 Å². The molecule has 2 amide bonds. The monoisotopic (exact) mass is 440 g/mol. The van der Waals surface area contributed by atoms with E-state index in [1.54, 1.807) is 0 Å². The molecule has 0 radical (unpaired) electrons. The minimum Gasteiger partial charge on any atom is -0.481 e. The number of hydrogen-bond donors (Lipinski definition) is 3. The lowest BCUT2D eigenvalue weighted by molar-refractivity contribution is -0.139. The number of carboxylic acids is 1. The summed E-state index contributed by atoms with van der Waals surface area (Å²) >= 11 is 0. The molecule has 8 heteroatoms. The molecule has 0 saturated carbocycles. The van der Waals surface area contributed by atoms with Gasteiger partial charge >= 0.3 is 12.1 Å². The number of ether oxygens (including phenoxy) is 2. The summed E-state index contributed by atoms with van der Waals surface area (Å²) in [6, 6.07) is 14.6. The van der Waals surface area contributed by atoms with Gasteiger partial charge in [0.05, 0.1) is 19.1 Å². The first-order valence-electron chi connectivity index (χ1n) is 10.6. The van der Waals surface area contributed by atoms with E-state index in [1.165, 1.54) is 0 Å². The molecule has 32 heavy (non-hydrogen) atoms. The van der Waals surface area contributed by atoms with Crippen molar-refractivity contribution in [1.82, 2.24) is 10.6 Å². The molecule has 0 aliphatic heterocycles. The van der Waals surface area contributed by atoms with Crippen molar-refractivity contribution in [3.05, 3.63) is 59.7 Å².